The Hall–Kier alpha value is -3.40. The molecular formula is C16H15N7O3. The lowest BCUT2D eigenvalue weighted by atomic mass is 10.2. The molecule has 10 heteroatoms. The molecule has 0 saturated carbocycles. The Bertz CT molecular complexity index is 1110. The van der Waals surface area contributed by atoms with Crippen molar-refractivity contribution in [2.24, 2.45) is 0 Å². The van der Waals surface area contributed by atoms with Gasteiger partial charge in [-0.05, 0) is 19.1 Å². The number of aryl methyl sites for hydroxylation is 1. The minimum Gasteiger partial charge on any atom is -0.469 e. The lowest BCUT2D eigenvalue weighted by Gasteiger charge is -2.04. The molecule has 10 nitrogen and oxygen atoms in total. The molecule has 0 saturated heterocycles. The van der Waals surface area contributed by atoms with Crippen molar-refractivity contribution in [3.8, 4) is 5.69 Å². The number of ether oxygens (including phenoxy) is 1. The second kappa shape index (κ2) is 6.15. The number of hydrogen-bond donors (Lipinski definition) is 1. The van der Waals surface area contributed by atoms with Gasteiger partial charge in [0.05, 0.1) is 19.2 Å². The fraction of sp³-hybridized carbons (Fsp3) is 0.250. The van der Waals surface area contributed by atoms with Crippen LogP contribution in [0.2, 0.25) is 0 Å². The van der Waals surface area contributed by atoms with Gasteiger partial charge in [0.2, 0.25) is 0 Å². The van der Waals surface area contributed by atoms with E-state index in [0.717, 1.165) is 11.3 Å². The van der Waals surface area contributed by atoms with Gasteiger partial charge in [-0.3, -0.25) is 4.79 Å². The van der Waals surface area contributed by atoms with Crippen molar-refractivity contribution in [2.45, 2.75) is 20.0 Å². The maximum absolute atomic E-state index is 11.7. The van der Waals surface area contributed by atoms with E-state index in [1.807, 2.05) is 31.2 Å². The van der Waals surface area contributed by atoms with Gasteiger partial charge >= 0.3 is 5.97 Å². The van der Waals surface area contributed by atoms with Gasteiger partial charge in [-0.1, -0.05) is 17.7 Å². The van der Waals surface area contributed by atoms with Crippen LogP contribution in [0.15, 0.2) is 24.3 Å². The van der Waals surface area contributed by atoms with Crippen molar-refractivity contribution in [1.29, 1.82) is 0 Å². The van der Waals surface area contributed by atoms with E-state index in [9.17, 15) is 9.90 Å². The molecule has 0 unspecified atom stereocenters. The molecule has 0 fully saturated rings. The number of carbonyl (C=O) groups is 1. The zero-order valence-corrected chi connectivity index (χ0v) is 14.1. The van der Waals surface area contributed by atoms with Crippen LogP contribution in [0.4, 0.5) is 0 Å². The van der Waals surface area contributed by atoms with Crippen LogP contribution < -0.4 is 0 Å². The highest BCUT2D eigenvalue weighted by Gasteiger charge is 2.21. The Kier molecular flexibility index (Phi) is 3.81. The van der Waals surface area contributed by atoms with Gasteiger partial charge in [-0.15, -0.1) is 15.3 Å². The number of benzene rings is 1. The molecule has 0 aliphatic rings. The summed E-state index contributed by atoms with van der Waals surface area (Å²) in [4.78, 5) is 15.9. The molecule has 3 aromatic heterocycles. The van der Waals surface area contributed by atoms with Crippen molar-refractivity contribution in [1.82, 2.24) is 34.6 Å². The molecule has 0 aliphatic heterocycles. The predicted octanol–water partition coefficient (Wildman–Crippen LogP) is 0.374. The van der Waals surface area contributed by atoms with Crippen LogP contribution in [0.1, 0.15) is 17.1 Å². The zero-order valence-electron chi connectivity index (χ0n) is 14.1. The van der Waals surface area contributed by atoms with Crippen LogP contribution in [0.25, 0.3) is 22.6 Å². The minimum absolute atomic E-state index is 0.0480. The number of fused-ring (bicyclic) bond motifs is 3. The monoisotopic (exact) mass is 353 g/mol. The van der Waals surface area contributed by atoms with Gasteiger partial charge in [0, 0.05) is 0 Å². The summed E-state index contributed by atoms with van der Waals surface area (Å²) in [6.07, 6.45) is -0.0480. The second-order valence-electron chi connectivity index (χ2n) is 5.72. The van der Waals surface area contributed by atoms with Crippen LogP contribution >= 0.6 is 0 Å². The van der Waals surface area contributed by atoms with Crippen molar-refractivity contribution in [3.05, 3.63) is 41.3 Å². The van der Waals surface area contributed by atoms with Gasteiger partial charge in [0.15, 0.2) is 17.0 Å². The molecule has 0 aliphatic carbocycles. The summed E-state index contributed by atoms with van der Waals surface area (Å²) in [5.74, 6) is 0.0226. The fourth-order valence-corrected chi connectivity index (χ4v) is 2.65. The molecule has 132 valence electrons. The van der Waals surface area contributed by atoms with Crippen molar-refractivity contribution in [2.75, 3.05) is 7.11 Å². The number of aliphatic hydroxyl groups is 1. The van der Waals surface area contributed by atoms with Gasteiger partial charge in [0.1, 0.15) is 12.3 Å². The molecule has 1 aromatic carbocycles. The van der Waals surface area contributed by atoms with E-state index < -0.39 is 5.97 Å². The molecule has 0 amide bonds. The highest BCUT2D eigenvalue weighted by atomic mass is 16.5. The van der Waals surface area contributed by atoms with Crippen LogP contribution in [0, 0.1) is 6.92 Å². The Morgan fingerprint density at radius 3 is 2.65 bits per heavy atom. The number of aromatic nitrogens is 7. The lowest BCUT2D eigenvalue weighted by Crippen LogP contribution is -2.06. The number of methoxy groups -OCH3 is 1. The van der Waals surface area contributed by atoms with Gasteiger partial charge in [0.25, 0.3) is 5.78 Å². The summed E-state index contributed by atoms with van der Waals surface area (Å²) in [6.45, 7) is 1.67. The maximum Gasteiger partial charge on any atom is 0.311 e. The first kappa shape index (κ1) is 16.1. The molecule has 4 rings (SSSR count). The first-order chi connectivity index (χ1) is 12.6. The third-order valence-corrected chi connectivity index (χ3v) is 3.94. The highest BCUT2D eigenvalue weighted by Crippen LogP contribution is 2.21. The SMILES string of the molecule is COC(=O)Cc1nn(-c2ccc(C)cc2)c2c1nnc1nc(CO)nn12. The summed E-state index contributed by atoms with van der Waals surface area (Å²) in [6, 6.07) is 7.71. The summed E-state index contributed by atoms with van der Waals surface area (Å²) >= 11 is 0. The number of carbonyl (C=O) groups excluding carboxylic acids is 1. The molecule has 0 radical (unpaired) electrons. The highest BCUT2D eigenvalue weighted by molar-refractivity contribution is 5.82. The minimum atomic E-state index is -0.433. The van der Waals surface area contributed by atoms with Crippen LogP contribution in [-0.4, -0.2) is 52.8 Å². The quantitative estimate of drug-likeness (QED) is 0.523. The Morgan fingerprint density at radius 2 is 1.96 bits per heavy atom. The first-order valence-electron chi connectivity index (χ1n) is 7.85. The average molecular weight is 353 g/mol. The molecule has 0 atom stereocenters. The summed E-state index contributed by atoms with van der Waals surface area (Å²) in [7, 11) is 1.32. The molecule has 26 heavy (non-hydrogen) atoms. The Morgan fingerprint density at radius 1 is 1.19 bits per heavy atom. The topological polar surface area (TPSA) is 120 Å². The van der Waals surface area contributed by atoms with E-state index in [1.165, 1.54) is 11.6 Å². The van der Waals surface area contributed by atoms with Crippen LogP contribution in [-0.2, 0) is 22.6 Å². The van der Waals surface area contributed by atoms with Crippen molar-refractivity contribution < 1.29 is 14.6 Å². The largest absolute Gasteiger partial charge is 0.469 e. The van der Waals surface area contributed by atoms with E-state index >= 15 is 0 Å². The Labute approximate surface area is 147 Å². The Balaban J connectivity index is 2.02. The van der Waals surface area contributed by atoms with E-state index in [2.05, 4.69) is 25.4 Å². The molecule has 4 aromatic rings. The van der Waals surface area contributed by atoms with E-state index in [4.69, 9.17) is 4.74 Å². The van der Waals surface area contributed by atoms with E-state index in [1.54, 1.807) is 4.68 Å². The standard InChI is InChI=1S/C16H15N7O3/c1-9-3-5-10(6-4-9)22-15-14(11(20-22)7-13(25)26-2)18-19-16-17-12(8-24)21-23(15)16/h3-6,24H,7-8H2,1-2H3. The number of hydrogen-bond acceptors (Lipinski definition) is 8. The number of nitrogens with zero attached hydrogens (tertiary/aromatic N) is 7. The van der Waals surface area contributed by atoms with Gasteiger partial charge in [-0.2, -0.15) is 14.6 Å². The van der Waals surface area contributed by atoms with Gasteiger partial charge < -0.3 is 9.84 Å². The molecule has 0 spiro atoms. The third kappa shape index (κ3) is 2.56. The molecule has 1 N–H and O–H groups in total. The van der Waals surface area contributed by atoms with Crippen LogP contribution in [0.3, 0.4) is 0 Å². The van der Waals surface area contributed by atoms with Crippen molar-refractivity contribution >= 4 is 22.9 Å². The van der Waals surface area contributed by atoms with Gasteiger partial charge in [-0.25, -0.2) is 4.68 Å². The fourth-order valence-electron chi connectivity index (χ4n) is 2.65. The molecule has 0 bridgehead atoms. The zero-order chi connectivity index (χ0) is 18.3. The lowest BCUT2D eigenvalue weighted by molar-refractivity contribution is -0.139. The van der Waals surface area contributed by atoms with Crippen LogP contribution in [0.5, 0.6) is 0 Å². The second-order valence-corrected chi connectivity index (χ2v) is 5.72. The maximum atomic E-state index is 11.7. The van der Waals surface area contributed by atoms with E-state index in [0.29, 0.717) is 16.9 Å². The molecule has 3 heterocycles. The number of rotatable bonds is 4. The smallest absolute Gasteiger partial charge is 0.311 e. The number of esters is 1. The third-order valence-electron chi connectivity index (χ3n) is 3.94. The summed E-state index contributed by atoms with van der Waals surface area (Å²) in [5, 5.41) is 26.3. The summed E-state index contributed by atoms with van der Waals surface area (Å²) in [5.41, 5.74) is 3.21. The molecular weight excluding hydrogens is 338 g/mol. The normalized spacial score (nSPS) is 11.3. The summed E-state index contributed by atoms with van der Waals surface area (Å²) < 4.78 is 7.83. The average Bonchev–Trinajstić information content (AvgIpc) is 3.23. The number of aliphatic hydroxyl groups excluding tert-OH is 1. The first-order valence-corrected chi connectivity index (χ1v) is 7.85. The van der Waals surface area contributed by atoms with Crippen molar-refractivity contribution in [3.63, 3.8) is 0 Å². The predicted molar refractivity (Wildman–Crippen MR) is 89.6 cm³/mol. The van der Waals surface area contributed by atoms with E-state index in [-0.39, 0.29) is 24.6 Å².